The average molecular weight is 570 g/mol. The van der Waals surface area contributed by atoms with E-state index in [0.717, 1.165) is 45.6 Å². The monoisotopic (exact) mass is 569 g/mol. The molecule has 1 unspecified atom stereocenters. The molecule has 1 N–H and O–H groups in total. The summed E-state index contributed by atoms with van der Waals surface area (Å²) in [5.74, 6) is 0.894. The minimum absolute atomic E-state index is 0.0734. The van der Waals surface area contributed by atoms with Gasteiger partial charge in [-0.1, -0.05) is 37.2 Å². The Kier molecular flexibility index (Phi) is 8.03. The lowest BCUT2D eigenvalue weighted by Gasteiger charge is -2.44. The lowest BCUT2D eigenvalue weighted by molar-refractivity contribution is -0.130. The van der Waals surface area contributed by atoms with Crippen LogP contribution in [0.4, 0.5) is 10.2 Å². The van der Waals surface area contributed by atoms with E-state index in [4.69, 9.17) is 11.6 Å². The van der Waals surface area contributed by atoms with Crippen molar-refractivity contribution in [3.05, 3.63) is 64.3 Å². The number of rotatable bonds is 6. The van der Waals surface area contributed by atoms with Crippen molar-refractivity contribution in [2.45, 2.75) is 56.8 Å². The summed E-state index contributed by atoms with van der Waals surface area (Å²) in [6.07, 6.45) is 2.33. The van der Waals surface area contributed by atoms with Crippen LogP contribution in [0.15, 0.2) is 52.7 Å². The third-order valence-corrected chi connectivity index (χ3v) is 9.00. The second-order valence-corrected chi connectivity index (χ2v) is 11.7. The fourth-order valence-electron chi connectivity index (χ4n) is 5.76. The second-order valence-electron chi connectivity index (χ2n) is 10.3. The molecule has 0 saturated carbocycles. The molecule has 0 aliphatic carbocycles. The third-order valence-electron chi connectivity index (χ3n) is 7.45. The van der Waals surface area contributed by atoms with Crippen LogP contribution in [0.25, 0.3) is 22.0 Å². The molecule has 3 aromatic rings. The van der Waals surface area contributed by atoms with Crippen molar-refractivity contribution in [3.63, 3.8) is 0 Å². The van der Waals surface area contributed by atoms with Gasteiger partial charge < -0.3 is 15.1 Å². The van der Waals surface area contributed by atoms with E-state index in [2.05, 4.69) is 28.7 Å². The number of aromatic nitrogens is 2. The number of nitrogens with zero attached hydrogens (tertiary/aromatic N) is 4. The molecule has 2 aromatic carbocycles. The number of thioether (sulfide) groups is 1. The number of anilines is 1. The number of nitrogens with one attached hydrogen (secondary N) is 1. The van der Waals surface area contributed by atoms with Gasteiger partial charge in [0.25, 0.3) is 0 Å². The number of carbonyl (C=O) groups is 1. The summed E-state index contributed by atoms with van der Waals surface area (Å²) in [7, 11) is 0. The van der Waals surface area contributed by atoms with Gasteiger partial charge in [-0.2, -0.15) is 4.98 Å². The maximum absolute atomic E-state index is 13.8. The first-order valence-corrected chi connectivity index (χ1v) is 14.7. The van der Waals surface area contributed by atoms with Crippen LogP contribution in [-0.4, -0.2) is 63.9 Å². The van der Waals surface area contributed by atoms with E-state index in [0.29, 0.717) is 30.5 Å². The fourth-order valence-corrected chi connectivity index (χ4v) is 7.45. The van der Waals surface area contributed by atoms with Crippen LogP contribution >= 0.6 is 23.4 Å². The fraction of sp³-hybridized carbons (Fsp3) is 0.414. The zero-order chi connectivity index (χ0) is 27.8. The standard InChI is InChI=1S/C29H33ClFN5O2S/c1-5-11-32-21-15-35-26-22(12-23(30)25(27(26)39-16-21)19-7-9-20(31)10-8-19)28(33-29(35)38)34-13-17(3)36(18(4)14-34)24(37)6-2/h6-10,12,17-18,21,32H,2,5,11,13-16H2,1,3-4H3/t17-,18+,21?. The van der Waals surface area contributed by atoms with Crippen LogP contribution in [0.1, 0.15) is 27.2 Å². The minimum atomic E-state index is -0.321. The van der Waals surface area contributed by atoms with Gasteiger partial charge in [0.2, 0.25) is 5.91 Å². The zero-order valence-electron chi connectivity index (χ0n) is 22.4. The molecule has 1 fully saturated rings. The van der Waals surface area contributed by atoms with Crippen LogP contribution < -0.4 is 15.9 Å². The first-order chi connectivity index (χ1) is 18.7. The zero-order valence-corrected chi connectivity index (χ0v) is 24.0. The summed E-state index contributed by atoms with van der Waals surface area (Å²) in [6, 6.07) is 8.06. The number of benzene rings is 2. The SMILES string of the molecule is C=CC(=O)N1[C@H](C)CN(c2nc(=O)n3c4c(c(-c5ccc(F)cc5)c(Cl)cc24)SCC(NCCC)C3)C[C@@H]1C. The first kappa shape index (κ1) is 27.7. The lowest BCUT2D eigenvalue weighted by atomic mass is 10.0. The van der Waals surface area contributed by atoms with E-state index < -0.39 is 0 Å². The van der Waals surface area contributed by atoms with Gasteiger partial charge in [-0.3, -0.25) is 9.36 Å². The van der Waals surface area contributed by atoms with Crippen molar-refractivity contribution in [1.82, 2.24) is 19.8 Å². The van der Waals surface area contributed by atoms with Crippen molar-refractivity contribution < 1.29 is 9.18 Å². The van der Waals surface area contributed by atoms with Gasteiger partial charge in [0.15, 0.2) is 0 Å². The highest BCUT2D eigenvalue weighted by atomic mass is 35.5. The van der Waals surface area contributed by atoms with E-state index in [1.807, 2.05) is 24.8 Å². The molecule has 0 radical (unpaired) electrons. The van der Waals surface area contributed by atoms with E-state index in [-0.39, 0.29) is 35.5 Å². The maximum Gasteiger partial charge on any atom is 0.350 e. The molecular weight excluding hydrogens is 537 g/mol. The summed E-state index contributed by atoms with van der Waals surface area (Å²) < 4.78 is 15.5. The van der Waals surface area contributed by atoms with Gasteiger partial charge in [-0.05, 0) is 56.7 Å². The third kappa shape index (κ3) is 5.19. The number of carbonyl (C=O) groups excluding carboxylic acids is 1. The number of amides is 1. The van der Waals surface area contributed by atoms with E-state index in [1.54, 1.807) is 28.5 Å². The van der Waals surface area contributed by atoms with Gasteiger partial charge in [0.05, 0.1) is 10.5 Å². The topological polar surface area (TPSA) is 70.5 Å². The van der Waals surface area contributed by atoms with E-state index in [1.165, 1.54) is 18.2 Å². The molecule has 1 amide bonds. The van der Waals surface area contributed by atoms with E-state index >= 15 is 0 Å². The molecule has 2 aliphatic heterocycles. The van der Waals surface area contributed by atoms with Crippen molar-refractivity contribution in [2.24, 2.45) is 0 Å². The summed E-state index contributed by atoms with van der Waals surface area (Å²) in [4.78, 5) is 35.6. The predicted molar refractivity (Wildman–Crippen MR) is 157 cm³/mol. The van der Waals surface area contributed by atoms with Crippen LogP contribution in [0.2, 0.25) is 5.02 Å². The van der Waals surface area contributed by atoms with Crippen molar-refractivity contribution >= 4 is 46.0 Å². The molecule has 7 nitrogen and oxygen atoms in total. The molecule has 3 atom stereocenters. The highest BCUT2D eigenvalue weighted by molar-refractivity contribution is 7.99. The minimum Gasteiger partial charge on any atom is -0.352 e. The molecule has 5 rings (SSSR count). The predicted octanol–water partition coefficient (Wildman–Crippen LogP) is 4.94. The van der Waals surface area contributed by atoms with Gasteiger partial charge >= 0.3 is 5.69 Å². The Morgan fingerprint density at radius 3 is 2.56 bits per heavy atom. The largest absolute Gasteiger partial charge is 0.352 e. The Balaban J connectivity index is 1.70. The van der Waals surface area contributed by atoms with Crippen molar-refractivity contribution in [2.75, 3.05) is 30.3 Å². The number of hydrogen-bond donors (Lipinski definition) is 1. The molecule has 2 aliphatic rings. The van der Waals surface area contributed by atoms with E-state index in [9.17, 15) is 14.0 Å². The normalized spacial score (nSPS) is 21.2. The average Bonchev–Trinajstić information content (AvgIpc) is 3.10. The lowest BCUT2D eigenvalue weighted by Crippen LogP contribution is -2.58. The highest BCUT2D eigenvalue weighted by Gasteiger charge is 2.34. The maximum atomic E-state index is 13.8. The van der Waals surface area contributed by atoms with Crippen LogP contribution in [0.3, 0.4) is 0 Å². The Morgan fingerprint density at radius 2 is 1.92 bits per heavy atom. The van der Waals surface area contributed by atoms with Gasteiger partial charge in [0.1, 0.15) is 11.6 Å². The van der Waals surface area contributed by atoms with Gasteiger partial charge in [-0.15, -0.1) is 11.8 Å². The molecule has 39 heavy (non-hydrogen) atoms. The number of piperazine rings is 1. The smallest absolute Gasteiger partial charge is 0.350 e. The Bertz CT molecular complexity index is 1470. The highest BCUT2D eigenvalue weighted by Crippen LogP contribution is 2.45. The molecule has 0 bridgehead atoms. The molecular formula is C29H33ClFN5O2S. The Labute approximate surface area is 237 Å². The van der Waals surface area contributed by atoms with Crippen molar-refractivity contribution in [3.8, 4) is 11.1 Å². The quantitative estimate of drug-likeness (QED) is 0.424. The Morgan fingerprint density at radius 1 is 1.23 bits per heavy atom. The Hall–Kier alpha value is -2.88. The number of halogens is 2. The molecule has 0 spiro atoms. The molecule has 10 heteroatoms. The molecule has 206 valence electrons. The van der Waals surface area contributed by atoms with Crippen LogP contribution in [-0.2, 0) is 11.3 Å². The van der Waals surface area contributed by atoms with Crippen LogP contribution in [0, 0.1) is 5.82 Å². The number of hydrogen-bond acceptors (Lipinski definition) is 6. The molecule has 1 saturated heterocycles. The van der Waals surface area contributed by atoms with Crippen molar-refractivity contribution in [1.29, 1.82) is 0 Å². The summed E-state index contributed by atoms with van der Waals surface area (Å²) in [5.41, 5.74) is 2.06. The summed E-state index contributed by atoms with van der Waals surface area (Å²) in [5, 5.41) is 4.88. The second kappa shape index (κ2) is 11.3. The molecule has 1 aromatic heterocycles. The summed E-state index contributed by atoms with van der Waals surface area (Å²) >= 11 is 8.64. The molecule has 3 heterocycles. The first-order valence-electron chi connectivity index (χ1n) is 13.3. The van der Waals surface area contributed by atoms with Gasteiger partial charge in [0, 0.05) is 59.4 Å². The van der Waals surface area contributed by atoms with Gasteiger partial charge in [-0.25, -0.2) is 9.18 Å². The van der Waals surface area contributed by atoms with Crippen LogP contribution in [0.5, 0.6) is 0 Å². The summed E-state index contributed by atoms with van der Waals surface area (Å²) in [6.45, 7) is 12.1.